The molecule has 1 aromatic heterocycles. The molecule has 3 aromatic carbocycles. The molecule has 0 aliphatic heterocycles. The zero-order valence-electron chi connectivity index (χ0n) is 17.6. The van der Waals surface area contributed by atoms with E-state index in [-0.39, 0.29) is 16.8 Å². The van der Waals surface area contributed by atoms with Gasteiger partial charge in [0.1, 0.15) is 24.0 Å². The molecule has 0 aliphatic carbocycles. The van der Waals surface area contributed by atoms with Crippen molar-refractivity contribution in [2.45, 2.75) is 13.6 Å². The van der Waals surface area contributed by atoms with Crippen LogP contribution in [0.25, 0.3) is 22.4 Å². The van der Waals surface area contributed by atoms with Crippen LogP contribution in [0, 0.1) is 36.0 Å². The second kappa shape index (κ2) is 10.8. The Morgan fingerprint density at radius 3 is 1.82 bits per heavy atom. The average Bonchev–Trinajstić information content (AvgIpc) is 2.83. The Balaban J connectivity index is 0.000000248. The van der Waals surface area contributed by atoms with Gasteiger partial charge in [0, 0.05) is 39.5 Å². The van der Waals surface area contributed by atoms with Crippen molar-refractivity contribution in [3.05, 3.63) is 107 Å². The van der Waals surface area contributed by atoms with E-state index in [0.717, 1.165) is 17.2 Å². The van der Waals surface area contributed by atoms with Crippen molar-refractivity contribution in [3.63, 3.8) is 0 Å². The Morgan fingerprint density at radius 1 is 0.706 bits per heavy atom. The number of rotatable bonds is 4. The van der Waals surface area contributed by atoms with E-state index in [2.05, 4.69) is 9.93 Å². The first-order valence-corrected chi connectivity index (χ1v) is 9.74. The largest absolute Gasteiger partial charge is 0.294 e. The zero-order valence-corrected chi connectivity index (χ0v) is 17.6. The van der Waals surface area contributed by atoms with E-state index in [4.69, 9.17) is 0 Å². The van der Waals surface area contributed by atoms with Gasteiger partial charge in [-0.3, -0.25) is 9.93 Å². The number of aromatic nitrogens is 1. The minimum absolute atomic E-state index is 0.0465. The summed E-state index contributed by atoms with van der Waals surface area (Å²) in [5.41, 5.74) is 2.89. The molecule has 0 radical (unpaired) electrons. The predicted octanol–water partition coefficient (Wildman–Crippen LogP) is 7.84. The molecule has 2 nitrogen and oxygen atoms in total. The van der Waals surface area contributed by atoms with Crippen molar-refractivity contribution in [1.82, 2.24) is 4.98 Å². The molecule has 0 saturated carbocycles. The first-order valence-electron chi connectivity index (χ1n) is 9.74. The predicted molar refractivity (Wildman–Crippen MR) is 113 cm³/mol. The van der Waals surface area contributed by atoms with E-state index in [1.807, 2.05) is 31.2 Å². The van der Waals surface area contributed by atoms with E-state index in [9.17, 15) is 30.9 Å². The molecule has 0 spiro atoms. The first-order chi connectivity index (χ1) is 16.2. The van der Waals surface area contributed by atoms with Gasteiger partial charge in [-0.2, -0.15) is 0 Å². The van der Waals surface area contributed by atoms with Gasteiger partial charge in [-0.05, 0) is 24.6 Å². The number of halogens is 7. The SMILES string of the molecule is Cc1ccc(-c2cnc(-c3ccc(CF)c(F)c3)c(F)c2)cc1.FOc1cc(F)c(F)c(F)c1. The second-order valence-corrected chi connectivity index (χ2v) is 7.14. The van der Waals surface area contributed by atoms with E-state index in [0.29, 0.717) is 17.7 Å². The van der Waals surface area contributed by atoms with Crippen molar-refractivity contribution in [3.8, 4) is 28.1 Å². The number of hydrogen-bond donors (Lipinski definition) is 0. The molecule has 0 atom stereocenters. The number of nitrogens with zero attached hydrogens (tertiary/aromatic N) is 1. The van der Waals surface area contributed by atoms with Crippen molar-refractivity contribution in [2.75, 3.05) is 0 Å². The third-order valence-corrected chi connectivity index (χ3v) is 4.74. The maximum atomic E-state index is 14.4. The minimum atomic E-state index is -1.65. The lowest BCUT2D eigenvalue weighted by Gasteiger charge is -2.07. The van der Waals surface area contributed by atoms with Crippen LogP contribution in [0.15, 0.2) is 66.9 Å². The highest BCUT2D eigenvalue weighted by molar-refractivity contribution is 5.67. The summed E-state index contributed by atoms with van der Waals surface area (Å²) >= 11 is 0. The summed E-state index contributed by atoms with van der Waals surface area (Å²) in [6.45, 7) is 1.08. The van der Waals surface area contributed by atoms with E-state index in [1.165, 1.54) is 18.2 Å². The highest BCUT2D eigenvalue weighted by Crippen LogP contribution is 2.27. The van der Waals surface area contributed by atoms with E-state index in [1.54, 1.807) is 6.20 Å². The third-order valence-electron chi connectivity index (χ3n) is 4.74. The normalized spacial score (nSPS) is 10.5. The van der Waals surface area contributed by atoms with Crippen LogP contribution in [0.3, 0.4) is 0 Å². The Morgan fingerprint density at radius 2 is 1.29 bits per heavy atom. The summed E-state index contributed by atoms with van der Waals surface area (Å²) in [5.74, 6) is -6.58. The number of aryl methyl sites for hydroxylation is 1. The molecule has 34 heavy (non-hydrogen) atoms. The minimum Gasteiger partial charge on any atom is -0.294 e. The Labute approximate surface area is 190 Å². The monoisotopic (exact) mass is 479 g/mol. The third kappa shape index (κ3) is 5.72. The molecule has 0 fully saturated rings. The van der Waals surface area contributed by atoms with Crippen LogP contribution in [-0.2, 0) is 6.67 Å². The molecule has 0 aliphatic rings. The Kier molecular flexibility index (Phi) is 7.88. The molecule has 1 heterocycles. The maximum absolute atomic E-state index is 14.4. The van der Waals surface area contributed by atoms with Crippen LogP contribution in [-0.4, -0.2) is 4.98 Å². The Bertz CT molecular complexity index is 1270. The van der Waals surface area contributed by atoms with Crippen molar-refractivity contribution in [2.24, 2.45) is 0 Å². The fraction of sp³-hybridized carbons (Fsp3) is 0.0800. The van der Waals surface area contributed by atoms with Crippen molar-refractivity contribution < 1.29 is 35.8 Å². The van der Waals surface area contributed by atoms with E-state index >= 15 is 0 Å². The van der Waals surface area contributed by atoms with Crippen LogP contribution in [0.4, 0.5) is 30.9 Å². The summed E-state index contributed by atoms with van der Waals surface area (Å²) in [6.07, 6.45) is 1.55. The fourth-order valence-electron chi connectivity index (χ4n) is 2.93. The second-order valence-electron chi connectivity index (χ2n) is 7.14. The number of hydrogen-bond acceptors (Lipinski definition) is 2. The summed E-state index contributed by atoms with van der Waals surface area (Å²) in [4.78, 5) is 7.09. The van der Waals surface area contributed by atoms with Gasteiger partial charge in [0.05, 0.1) is 0 Å². The molecule has 4 rings (SSSR count). The van der Waals surface area contributed by atoms with Gasteiger partial charge in [-0.25, -0.2) is 26.3 Å². The summed E-state index contributed by atoms with van der Waals surface area (Å²) < 4.78 is 88.3. The zero-order chi connectivity index (χ0) is 24.8. The van der Waals surface area contributed by atoms with Gasteiger partial charge in [0.2, 0.25) is 0 Å². The molecule has 4 aromatic rings. The van der Waals surface area contributed by atoms with Gasteiger partial charge in [-0.1, -0.05) is 42.0 Å². The molecular formula is C25H16F7NO. The average molecular weight is 479 g/mol. The van der Waals surface area contributed by atoms with E-state index < -0.39 is 41.5 Å². The quantitative estimate of drug-likeness (QED) is 0.220. The standard InChI is InChI=1S/C19H14F3N.C6H2F4O/c1-12-2-4-13(5-3-12)16-9-18(22)19(23-11-16)14-6-7-15(10-20)17(21)8-14;7-4-1-3(11-10)2-5(8)6(4)9/h2-9,11H,10H2,1H3;1-2H. The number of alkyl halides is 1. The van der Waals surface area contributed by atoms with Crippen LogP contribution in [0.1, 0.15) is 11.1 Å². The molecule has 9 heteroatoms. The first kappa shape index (κ1) is 24.8. The molecule has 0 saturated heterocycles. The maximum Gasteiger partial charge on any atom is 0.194 e. The van der Waals surface area contributed by atoms with Crippen molar-refractivity contribution in [1.29, 1.82) is 0 Å². The molecule has 0 bridgehead atoms. The van der Waals surface area contributed by atoms with Crippen molar-refractivity contribution >= 4 is 0 Å². The van der Waals surface area contributed by atoms with Crippen LogP contribution < -0.4 is 4.94 Å². The summed E-state index contributed by atoms with van der Waals surface area (Å²) in [7, 11) is 0. The van der Waals surface area contributed by atoms with Gasteiger partial charge in [0.15, 0.2) is 23.2 Å². The lowest BCUT2D eigenvalue weighted by molar-refractivity contribution is -0.00711. The fourth-order valence-corrected chi connectivity index (χ4v) is 2.93. The highest BCUT2D eigenvalue weighted by atomic mass is 19.3. The lowest BCUT2D eigenvalue weighted by Crippen LogP contribution is -1.94. The highest BCUT2D eigenvalue weighted by Gasteiger charge is 2.12. The van der Waals surface area contributed by atoms with Gasteiger partial charge >= 0.3 is 0 Å². The smallest absolute Gasteiger partial charge is 0.194 e. The van der Waals surface area contributed by atoms with Gasteiger partial charge in [0.25, 0.3) is 0 Å². The molecule has 0 unspecified atom stereocenters. The lowest BCUT2D eigenvalue weighted by atomic mass is 10.0. The van der Waals surface area contributed by atoms with Crippen LogP contribution >= 0.6 is 0 Å². The Hall–Kier alpha value is -3.88. The topological polar surface area (TPSA) is 22.1 Å². The molecule has 0 N–H and O–H groups in total. The summed E-state index contributed by atoms with van der Waals surface area (Å²) in [6, 6.07) is 13.7. The number of pyridine rings is 1. The van der Waals surface area contributed by atoms with Crippen LogP contribution in [0.2, 0.25) is 0 Å². The number of benzene rings is 3. The molecule has 176 valence electrons. The van der Waals surface area contributed by atoms with Gasteiger partial charge in [-0.15, -0.1) is 0 Å². The van der Waals surface area contributed by atoms with Gasteiger partial charge < -0.3 is 0 Å². The van der Waals surface area contributed by atoms with Crippen LogP contribution in [0.5, 0.6) is 5.75 Å². The summed E-state index contributed by atoms with van der Waals surface area (Å²) in [5, 5.41) is 0. The molecule has 0 amide bonds. The molecular weight excluding hydrogens is 463 g/mol.